The second-order valence-electron chi connectivity index (χ2n) is 4.52. The smallest absolute Gasteiger partial charge is 0.0898 e. The Balaban J connectivity index is 1.99. The van der Waals surface area contributed by atoms with Gasteiger partial charge in [-0.25, -0.2) is 4.98 Å². The highest BCUT2D eigenvalue weighted by atomic mass is 32.1. The molecule has 0 fully saturated rings. The summed E-state index contributed by atoms with van der Waals surface area (Å²) in [5.41, 5.74) is 3.96. The summed E-state index contributed by atoms with van der Waals surface area (Å²) in [6.07, 6.45) is 1.09. The lowest BCUT2D eigenvalue weighted by Crippen LogP contribution is -2.19. The first-order valence-corrected chi connectivity index (χ1v) is 7.31. The number of thiazole rings is 1. The predicted molar refractivity (Wildman–Crippen MR) is 77.9 cm³/mol. The summed E-state index contributed by atoms with van der Waals surface area (Å²) in [5, 5.41) is 6.82. The number of aromatic nitrogens is 1. The molecular weight excluding hydrogens is 240 g/mol. The Hall–Kier alpha value is -1.19. The maximum Gasteiger partial charge on any atom is 0.0898 e. The van der Waals surface area contributed by atoms with Gasteiger partial charge < -0.3 is 5.32 Å². The first kappa shape index (κ1) is 13.2. The number of hydrogen-bond acceptors (Lipinski definition) is 3. The van der Waals surface area contributed by atoms with E-state index in [1.165, 1.54) is 11.1 Å². The standard InChI is InChI=1S/C15H20N2S/c1-4-13-7-5-6-8-14(13)9-16-11(2)15-10-18-12(3)17-15/h5-8,10-11,16H,4,9H2,1-3H3. The van der Waals surface area contributed by atoms with Gasteiger partial charge in [0.2, 0.25) is 0 Å². The highest BCUT2D eigenvalue weighted by molar-refractivity contribution is 7.09. The quantitative estimate of drug-likeness (QED) is 0.883. The summed E-state index contributed by atoms with van der Waals surface area (Å²) in [5.74, 6) is 0. The Morgan fingerprint density at radius 2 is 2.00 bits per heavy atom. The molecule has 1 atom stereocenters. The van der Waals surface area contributed by atoms with E-state index < -0.39 is 0 Å². The highest BCUT2D eigenvalue weighted by Crippen LogP contribution is 2.17. The summed E-state index contributed by atoms with van der Waals surface area (Å²) >= 11 is 1.71. The molecule has 1 unspecified atom stereocenters. The van der Waals surface area contributed by atoms with Crippen molar-refractivity contribution in [3.63, 3.8) is 0 Å². The maximum atomic E-state index is 4.52. The molecule has 0 bridgehead atoms. The third kappa shape index (κ3) is 3.18. The van der Waals surface area contributed by atoms with Gasteiger partial charge in [0.05, 0.1) is 10.7 Å². The molecule has 0 spiro atoms. The minimum Gasteiger partial charge on any atom is -0.305 e. The van der Waals surface area contributed by atoms with Crippen molar-refractivity contribution in [2.24, 2.45) is 0 Å². The summed E-state index contributed by atoms with van der Waals surface area (Å²) in [6.45, 7) is 7.32. The van der Waals surface area contributed by atoms with Gasteiger partial charge in [0.25, 0.3) is 0 Å². The van der Waals surface area contributed by atoms with Gasteiger partial charge in [-0.1, -0.05) is 31.2 Å². The topological polar surface area (TPSA) is 24.9 Å². The van der Waals surface area contributed by atoms with E-state index >= 15 is 0 Å². The maximum absolute atomic E-state index is 4.52. The minimum absolute atomic E-state index is 0.305. The first-order valence-electron chi connectivity index (χ1n) is 6.43. The van der Waals surface area contributed by atoms with Gasteiger partial charge >= 0.3 is 0 Å². The molecule has 18 heavy (non-hydrogen) atoms. The van der Waals surface area contributed by atoms with Crippen molar-refractivity contribution < 1.29 is 0 Å². The SMILES string of the molecule is CCc1ccccc1CNC(C)c1csc(C)n1. The van der Waals surface area contributed by atoms with E-state index in [2.05, 4.69) is 53.8 Å². The molecule has 0 aliphatic heterocycles. The van der Waals surface area contributed by atoms with Gasteiger partial charge in [-0.2, -0.15) is 0 Å². The van der Waals surface area contributed by atoms with Crippen LogP contribution in [0.3, 0.4) is 0 Å². The van der Waals surface area contributed by atoms with Crippen molar-refractivity contribution in [1.82, 2.24) is 10.3 Å². The van der Waals surface area contributed by atoms with Crippen LogP contribution in [0.2, 0.25) is 0 Å². The zero-order valence-corrected chi connectivity index (χ0v) is 12.1. The molecule has 0 saturated heterocycles. The lowest BCUT2D eigenvalue weighted by Gasteiger charge is -2.13. The minimum atomic E-state index is 0.305. The Kier molecular flexibility index (Phi) is 4.50. The molecule has 1 aromatic heterocycles. The first-order chi connectivity index (χ1) is 8.70. The Labute approximate surface area is 113 Å². The van der Waals surface area contributed by atoms with Gasteiger partial charge in [-0.05, 0) is 31.4 Å². The molecule has 3 heteroatoms. The second kappa shape index (κ2) is 6.12. The van der Waals surface area contributed by atoms with Crippen LogP contribution < -0.4 is 5.32 Å². The molecule has 2 rings (SSSR count). The second-order valence-corrected chi connectivity index (χ2v) is 5.58. The van der Waals surface area contributed by atoms with E-state index in [1.54, 1.807) is 11.3 Å². The van der Waals surface area contributed by atoms with Crippen LogP contribution in [0.1, 0.15) is 41.7 Å². The molecule has 0 amide bonds. The molecule has 1 N–H and O–H groups in total. The van der Waals surface area contributed by atoms with Crippen LogP contribution in [0.15, 0.2) is 29.6 Å². The number of hydrogen-bond donors (Lipinski definition) is 1. The zero-order chi connectivity index (χ0) is 13.0. The summed E-state index contributed by atoms with van der Waals surface area (Å²) < 4.78 is 0. The fourth-order valence-electron chi connectivity index (χ4n) is 2.02. The average Bonchev–Trinajstić information content (AvgIpc) is 2.83. The van der Waals surface area contributed by atoms with Gasteiger partial charge in [0, 0.05) is 18.0 Å². The van der Waals surface area contributed by atoms with Crippen molar-refractivity contribution in [3.05, 3.63) is 51.5 Å². The van der Waals surface area contributed by atoms with Crippen molar-refractivity contribution in [2.45, 2.75) is 39.8 Å². The Bertz CT molecular complexity index is 505. The summed E-state index contributed by atoms with van der Waals surface area (Å²) in [7, 11) is 0. The normalized spacial score (nSPS) is 12.6. The number of benzene rings is 1. The fourth-order valence-corrected chi connectivity index (χ4v) is 2.73. The fraction of sp³-hybridized carbons (Fsp3) is 0.400. The molecule has 2 nitrogen and oxygen atoms in total. The van der Waals surface area contributed by atoms with Crippen molar-refractivity contribution in [3.8, 4) is 0 Å². The van der Waals surface area contributed by atoms with Crippen molar-refractivity contribution in [2.75, 3.05) is 0 Å². The van der Waals surface area contributed by atoms with Gasteiger partial charge in [0.15, 0.2) is 0 Å². The Morgan fingerprint density at radius 1 is 1.28 bits per heavy atom. The number of nitrogens with one attached hydrogen (secondary N) is 1. The van der Waals surface area contributed by atoms with E-state index in [1.807, 2.05) is 6.92 Å². The summed E-state index contributed by atoms with van der Waals surface area (Å²) in [4.78, 5) is 4.52. The molecule has 0 radical (unpaired) electrons. The molecule has 0 saturated carbocycles. The van der Waals surface area contributed by atoms with E-state index in [0.717, 1.165) is 23.7 Å². The van der Waals surface area contributed by atoms with Crippen LogP contribution in [-0.4, -0.2) is 4.98 Å². The third-order valence-electron chi connectivity index (χ3n) is 3.18. The molecular formula is C15H20N2S. The molecule has 96 valence electrons. The van der Waals surface area contributed by atoms with E-state index in [9.17, 15) is 0 Å². The third-order valence-corrected chi connectivity index (χ3v) is 3.97. The lowest BCUT2D eigenvalue weighted by atomic mass is 10.1. The predicted octanol–water partition coefficient (Wildman–Crippen LogP) is 3.86. The average molecular weight is 260 g/mol. The lowest BCUT2D eigenvalue weighted by molar-refractivity contribution is 0.561. The molecule has 0 aliphatic carbocycles. The van der Waals surface area contributed by atoms with Gasteiger partial charge in [-0.15, -0.1) is 11.3 Å². The van der Waals surface area contributed by atoms with Gasteiger partial charge in [0.1, 0.15) is 0 Å². The molecule has 1 aromatic carbocycles. The number of rotatable bonds is 5. The largest absolute Gasteiger partial charge is 0.305 e. The van der Waals surface area contributed by atoms with Gasteiger partial charge in [-0.3, -0.25) is 0 Å². The molecule has 0 aliphatic rings. The van der Waals surface area contributed by atoms with Crippen LogP contribution >= 0.6 is 11.3 Å². The van der Waals surface area contributed by atoms with Crippen LogP contribution in [-0.2, 0) is 13.0 Å². The van der Waals surface area contributed by atoms with Crippen LogP contribution in [0, 0.1) is 6.92 Å². The number of aryl methyl sites for hydroxylation is 2. The highest BCUT2D eigenvalue weighted by Gasteiger charge is 2.08. The van der Waals surface area contributed by atoms with Crippen LogP contribution in [0.4, 0.5) is 0 Å². The van der Waals surface area contributed by atoms with Crippen LogP contribution in [0.25, 0.3) is 0 Å². The monoisotopic (exact) mass is 260 g/mol. The van der Waals surface area contributed by atoms with Crippen molar-refractivity contribution >= 4 is 11.3 Å². The van der Waals surface area contributed by atoms with Crippen molar-refractivity contribution in [1.29, 1.82) is 0 Å². The Morgan fingerprint density at radius 3 is 2.61 bits per heavy atom. The van der Waals surface area contributed by atoms with Crippen LogP contribution in [0.5, 0.6) is 0 Å². The molecule has 1 heterocycles. The molecule has 2 aromatic rings. The number of nitrogens with zero attached hydrogens (tertiary/aromatic N) is 1. The summed E-state index contributed by atoms with van der Waals surface area (Å²) in [6, 6.07) is 8.92. The zero-order valence-electron chi connectivity index (χ0n) is 11.2. The van der Waals surface area contributed by atoms with E-state index in [0.29, 0.717) is 6.04 Å². The van der Waals surface area contributed by atoms with E-state index in [4.69, 9.17) is 0 Å². The van der Waals surface area contributed by atoms with E-state index in [-0.39, 0.29) is 0 Å².